The first-order valence-corrected chi connectivity index (χ1v) is 5.59. The van der Waals surface area contributed by atoms with Crippen LogP contribution in [0, 0.1) is 0 Å². The Morgan fingerprint density at radius 2 is 1.94 bits per heavy atom. The van der Waals surface area contributed by atoms with Crippen molar-refractivity contribution in [3.05, 3.63) is 29.3 Å². The molecule has 1 aromatic rings. The van der Waals surface area contributed by atoms with Crippen LogP contribution in [0.25, 0.3) is 0 Å². The molecule has 100 valence electrons. The first-order valence-electron chi connectivity index (χ1n) is 5.59. The lowest BCUT2D eigenvalue weighted by Crippen LogP contribution is -2.09. The van der Waals surface area contributed by atoms with Crippen LogP contribution in [0.5, 0.6) is 5.75 Å². The molecule has 0 aliphatic carbocycles. The van der Waals surface area contributed by atoms with Crippen LogP contribution in [0.4, 0.5) is 13.2 Å². The normalized spacial score (nSPS) is 17.1. The fourth-order valence-corrected chi connectivity index (χ4v) is 1.73. The molecule has 0 amide bonds. The van der Waals surface area contributed by atoms with Crippen LogP contribution in [0.3, 0.4) is 0 Å². The van der Waals surface area contributed by atoms with Gasteiger partial charge in [-0.1, -0.05) is 0 Å². The summed E-state index contributed by atoms with van der Waals surface area (Å²) in [6.07, 6.45) is -5.17. The lowest BCUT2D eigenvalue weighted by Gasteiger charge is -2.17. The second-order valence-corrected chi connectivity index (χ2v) is 3.76. The molecule has 0 spiro atoms. The molecule has 0 aromatic heterocycles. The molecular formula is C12H13F3O3. The third-order valence-corrected chi connectivity index (χ3v) is 2.51. The minimum Gasteiger partial charge on any atom is -0.493 e. The summed E-state index contributed by atoms with van der Waals surface area (Å²) >= 11 is 0. The lowest BCUT2D eigenvalue weighted by molar-refractivity contribution is -0.137. The summed E-state index contributed by atoms with van der Waals surface area (Å²) in [5.41, 5.74) is -0.454. The molecule has 1 aliphatic heterocycles. The monoisotopic (exact) mass is 262 g/mol. The molecule has 0 N–H and O–H groups in total. The van der Waals surface area contributed by atoms with Gasteiger partial charge in [-0.05, 0) is 25.1 Å². The SMILES string of the molecule is CCOc1ccc(C(F)(F)F)cc1C1OCCO1. The molecule has 18 heavy (non-hydrogen) atoms. The van der Waals surface area contributed by atoms with Crippen LogP contribution in [-0.2, 0) is 15.7 Å². The lowest BCUT2D eigenvalue weighted by atomic mass is 10.1. The summed E-state index contributed by atoms with van der Waals surface area (Å²) in [5.74, 6) is 0.359. The van der Waals surface area contributed by atoms with Crippen molar-refractivity contribution in [2.24, 2.45) is 0 Å². The topological polar surface area (TPSA) is 27.7 Å². The van der Waals surface area contributed by atoms with E-state index in [2.05, 4.69) is 0 Å². The molecule has 1 heterocycles. The van der Waals surface area contributed by atoms with E-state index in [9.17, 15) is 13.2 Å². The first kappa shape index (κ1) is 13.2. The number of halogens is 3. The summed E-state index contributed by atoms with van der Waals surface area (Å²) < 4.78 is 53.7. The van der Waals surface area contributed by atoms with Gasteiger partial charge < -0.3 is 14.2 Å². The average Bonchev–Trinajstić information content (AvgIpc) is 2.82. The second kappa shape index (κ2) is 5.16. The van der Waals surface area contributed by atoms with Crippen molar-refractivity contribution in [2.75, 3.05) is 19.8 Å². The van der Waals surface area contributed by atoms with E-state index in [0.717, 1.165) is 12.1 Å². The third kappa shape index (κ3) is 2.76. The number of hydrogen-bond acceptors (Lipinski definition) is 3. The highest BCUT2D eigenvalue weighted by molar-refractivity contribution is 5.39. The van der Waals surface area contributed by atoms with Gasteiger partial charge in [0.25, 0.3) is 0 Å². The van der Waals surface area contributed by atoms with Crippen LogP contribution < -0.4 is 4.74 Å². The van der Waals surface area contributed by atoms with Gasteiger partial charge in [0.05, 0.1) is 30.9 Å². The molecular weight excluding hydrogens is 249 g/mol. The maximum atomic E-state index is 12.6. The number of ether oxygens (including phenoxy) is 3. The molecule has 2 rings (SSSR count). The Bertz CT molecular complexity index is 412. The third-order valence-electron chi connectivity index (χ3n) is 2.51. The van der Waals surface area contributed by atoms with Crippen molar-refractivity contribution < 1.29 is 27.4 Å². The minimum absolute atomic E-state index is 0.282. The van der Waals surface area contributed by atoms with Crippen LogP contribution in [-0.4, -0.2) is 19.8 Å². The number of alkyl halides is 3. The summed E-state index contributed by atoms with van der Waals surface area (Å²) in [4.78, 5) is 0. The molecule has 0 bridgehead atoms. The van der Waals surface area contributed by atoms with Gasteiger partial charge in [-0.15, -0.1) is 0 Å². The largest absolute Gasteiger partial charge is 0.493 e. The van der Waals surface area contributed by atoms with Gasteiger partial charge in [-0.25, -0.2) is 0 Å². The second-order valence-electron chi connectivity index (χ2n) is 3.76. The van der Waals surface area contributed by atoms with Crippen LogP contribution in [0.15, 0.2) is 18.2 Å². The molecule has 1 aliphatic rings. The highest BCUT2D eigenvalue weighted by Crippen LogP contribution is 2.37. The minimum atomic E-state index is -4.39. The standard InChI is InChI=1S/C12H13F3O3/c1-2-16-10-4-3-8(12(13,14)15)7-9(10)11-17-5-6-18-11/h3-4,7,11H,2,5-6H2,1H3. The van der Waals surface area contributed by atoms with E-state index in [0.29, 0.717) is 25.6 Å². The molecule has 3 nitrogen and oxygen atoms in total. The van der Waals surface area contributed by atoms with E-state index >= 15 is 0 Å². The van der Waals surface area contributed by atoms with Gasteiger partial charge in [-0.3, -0.25) is 0 Å². The molecule has 0 unspecified atom stereocenters. The molecule has 0 atom stereocenters. The number of rotatable bonds is 3. The smallest absolute Gasteiger partial charge is 0.416 e. The Labute approximate surface area is 102 Å². The number of hydrogen-bond donors (Lipinski definition) is 0. The summed E-state index contributed by atoms with van der Waals surface area (Å²) in [5, 5.41) is 0. The van der Waals surface area contributed by atoms with Crippen molar-refractivity contribution in [3.8, 4) is 5.75 Å². The Kier molecular flexibility index (Phi) is 3.77. The van der Waals surface area contributed by atoms with E-state index in [1.807, 2.05) is 0 Å². The maximum Gasteiger partial charge on any atom is 0.416 e. The van der Waals surface area contributed by atoms with Crippen LogP contribution in [0.1, 0.15) is 24.3 Å². The fourth-order valence-electron chi connectivity index (χ4n) is 1.73. The summed E-state index contributed by atoms with van der Waals surface area (Å²) in [7, 11) is 0. The van der Waals surface area contributed by atoms with Gasteiger partial charge in [-0.2, -0.15) is 13.2 Å². The molecule has 0 radical (unpaired) electrons. The van der Waals surface area contributed by atoms with Crippen LogP contribution >= 0.6 is 0 Å². The summed E-state index contributed by atoms with van der Waals surface area (Å²) in [6, 6.07) is 3.30. The predicted octanol–water partition coefficient (Wildman–Crippen LogP) is 3.15. The fraction of sp³-hybridized carbons (Fsp3) is 0.500. The first-order chi connectivity index (χ1) is 8.52. The highest BCUT2D eigenvalue weighted by Gasteiger charge is 2.33. The van der Waals surface area contributed by atoms with Crippen molar-refractivity contribution in [1.29, 1.82) is 0 Å². The molecule has 1 saturated heterocycles. The predicted molar refractivity (Wildman–Crippen MR) is 57.3 cm³/mol. The Balaban J connectivity index is 2.37. The zero-order chi connectivity index (χ0) is 13.2. The maximum absolute atomic E-state index is 12.6. The van der Waals surface area contributed by atoms with E-state index in [1.54, 1.807) is 6.92 Å². The molecule has 1 aromatic carbocycles. The van der Waals surface area contributed by atoms with Crippen molar-refractivity contribution >= 4 is 0 Å². The molecule has 6 heteroatoms. The average molecular weight is 262 g/mol. The molecule has 1 fully saturated rings. The van der Waals surface area contributed by atoms with Gasteiger partial charge in [0.1, 0.15) is 5.75 Å². The molecule has 0 saturated carbocycles. The van der Waals surface area contributed by atoms with Crippen molar-refractivity contribution in [1.82, 2.24) is 0 Å². The Morgan fingerprint density at radius 3 is 2.50 bits per heavy atom. The van der Waals surface area contributed by atoms with Gasteiger partial charge in [0, 0.05) is 0 Å². The quantitative estimate of drug-likeness (QED) is 0.837. The zero-order valence-electron chi connectivity index (χ0n) is 9.79. The Hall–Kier alpha value is -1.27. The highest BCUT2D eigenvalue weighted by atomic mass is 19.4. The van der Waals surface area contributed by atoms with Gasteiger partial charge in [0.2, 0.25) is 0 Å². The van der Waals surface area contributed by atoms with Crippen molar-refractivity contribution in [2.45, 2.75) is 19.4 Å². The van der Waals surface area contributed by atoms with E-state index in [-0.39, 0.29) is 5.56 Å². The van der Waals surface area contributed by atoms with Crippen molar-refractivity contribution in [3.63, 3.8) is 0 Å². The van der Waals surface area contributed by atoms with E-state index < -0.39 is 18.0 Å². The van der Waals surface area contributed by atoms with E-state index in [4.69, 9.17) is 14.2 Å². The summed E-state index contributed by atoms with van der Waals surface area (Å²) in [6.45, 7) is 2.86. The van der Waals surface area contributed by atoms with E-state index in [1.165, 1.54) is 6.07 Å². The number of benzene rings is 1. The van der Waals surface area contributed by atoms with Gasteiger partial charge in [0.15, 0.2) is 6.29 Å². The Morgan fingerprint density at radius 1 is 1.28 bits per heavy atom. The zero-order valence-corrected chi connectivity index (χ0v) is 9.79. The van der Waals surface area contributed by atoms with Gasteiger partial charge >= 0.3 is 6.18 Å². The van der Waals surface area contributed by atoms with Crippen LogP contribution in [0.2, 0.25) is 0 Å².